The van der Waals surface area contributed by atoms with E-state index in [0.717, 1.165) is 43.4 Å². The number of tetrazole rings is 1. The van der Waals surface area contributed by atoms with E-state index in [0.29, 0.717) is 12.6 Å². The SMILES string of the molecule is CC[C@@H](c1nnnn1Cc1ccccc1)[NH+]1CCN(c2cc(Cl)ccc2C)CC1. The minimum atomic E-state index is 0.302. The molecule has 4 rings (SSSR count). The van der Waals surface area contributed by atoms with Crippen molar-refractivity contribution in [3.8, 4) is 0 Å². The minimum absolute atomic E-state index is 0.302. The average Bonchev–Trinajstić information content (AvgIpc) is 3.19. The lowest BCUT2D eigenvalue weighted by Gasteiger charge is -2.37. The van der Waals surface area contributed by atoms with Crippen LogP contribution in [0.4, 0.5) is 5.69 Å². The maximum absolute atomic E-state index is 6.23. The van der Waals surface area contributed by atoms with Crippen LogP contribution in [0, 0.1) is 6.92 Å². The Morgan fingerprint density at radius 3 is 2.59 bits per heavy atom. The lowest BCUT2D eigenvalue weighted by Crippen LogP contribution is -3.15. The maximum atomic E-state index is 6.23. The zero-order chi connectivity index (χ0) is 20.2. The molecule has 2 aromatic carbocycles. The second-order valence-corrected chi connectivity index (χ2v) is 8.15. The fraction of sp³-hybridized carbons (Fsp3) is 0.409. The van der Waals surface area contributed by atoms with E-state index >= 15 is 0 Å². The first-order valence-corrected chi connectivity index (χ1v) is 10.7. The normalized spacial score (nSPS) is 16.2. The quantitative estimate of drug-likeness (QED) is 0.677. The Labute approximate surface area is 177 Å². The van der Waals surface area contributed by atoms with Crippen LogP contribution in [0.1, 0.15) is 36.3 Å². The van der Waals surface area contributed by atoms with Crippen LogP contribution in [-0.2, 0) is 6.54 Å². The van der Waals surface area contributed by atoms with Gasteiger partial charge < -0.3 is 9.80 Å². The van der Waals surface area contributed by atoms with Crippen LogP contribution in [0.5, 0.6) is 0 Å². The standard InChI is InChI=1S/C22H27ClN6/c1-3-20(22-24-25-26-29(22)16-18-7-5-4-6-8-18)27-11-13-28(14-12-27)21-15-19(23)10-9-17(21)2/h4-10,15,20H,3,11-14,16H2,1-2H3/p+1/t20-/m0/s1. The van der Waals surface area contributed by atoms with Crippen molar-refractivity contribution < 1.29 is 4.90 Å². The number of benzene rings is 2. The van der Waals surface area contributed by atoms with Crippen LogP contribution in [0.3, 0.4) is 0 Å². The molecule has 6 nitrogen and oxygen atoms in total. The van der Waals surface area contributed by atoms with Gasteiger partial charge in [0.15, 0.2) is 0 Å². The van der Waals surface area contributed by atoms with E-state index < -0.39 is 0 Å². The highest BCUT2D eigenvalue weighted by molar-refractivity contribution is 6.30. The predicted octanol–water partition coefficient (Wildman–Crippen LogP) is 2.54. The predicted molar refractivity (Wildman–Crippen MR) is 115 cm³/mol. The van der Waals surface area contributed by atoms with Gasteiger partial charge in [0.2, 0.25) is 5.82 Å². The Morgan fingerprint density at radius 1 is 1.10 bits per heavy atom. The summed E-state index contributed by atoms with van der Waals surface area (Å²) in [6.07, 6.45) is 1.01. The van der Waals surface area contributed by atoms with Gasteiger partial charge in [0.05, 0.1) is 32.7 Å². The molecule has 152 valence electrons. The van der Waals surface area contributed by atoms with E-state index in [9.17, 15) is 0 Å². The van der Waals surface area contributed by atoms with Crippen LogP contribution in [-0.4, -0.2) is 46.4 Å². The highest BCUT2D eigenvalue weighted by atomic mass is 35.5. The Hall–Kier alpha value is -2.44. The summed E-state index contributed by atoms with van der Waals surface area (Å²) in [5.41, 5.74) is 3.74. The number of anilines is 1. The first kappa shape index (κ1) is 19.9. The van der Waals surface area contributed by atoms with E-state index in [4.69, 9.17) is 11.6 Å². The van der Waals surface area contributed by atoms with Gasteiger partial charge in [0.1, 0.15) is 6.04 Å². The molecule has 0 aliphatic carbocycles. The fourth-order valence-electron chi connectivity index (χ4n) is 4.29. The van der Waals surface area contributed by atoms with Crippen molar-refractivity contribution in [3.63, 3.8) is 0 Å². The van der Waals surface area contributed by atoms with Gasteiger partial charge in [-0.05, 0) is 40.6 Å². The summed E-state index contributed by atoms with van der Waals surface area (Å²) in [7, 11) is 0. The number of hydrogen-bond acceptors (Lipinski definition) is 4. The minimum Gasteiger partial charge on any atom is -0.360 e. The molecule has 0 radical (unpaired) electrons. The summed E-state index contributed by atoms with van der Waals surface area (Å²) in [6.45, 7) is 9.22. The Bertz CT molecular complexity index is 933. The monoisotopic (exact) mass is 411 g/mol. The molecule has 2 heterocycles. The third-order valence-electron chi connectivity index (χ3n) is 5.87. The van der Waals surface area contributed by atoms with E-state index in [-0.39, 0.29) is 0 Å². The number of quaternary nitrogens is 1. The molecule has 1 aliphatic rings. The molecule has 0 amide bonds. The first-order chi connectivity index (χ1) is 14.2. The van der Waals surface area contributed by atoms with Crippen molar-refractivity contribution in [2.24, 2.45) is 0 Å². The number of nitrogens with one attached hydrogen (secondary N) is 1. The Kier molecular flexibility index (Phi) is 6.11. The van der Waals surface area contributed by atoms with Gasteiger partial charge >= 0.3 is 0 Å². The third-order valence-corrected chi connectivity index (χ3v) is 6.10. The summed E-state index contributed by atoms with van der Waals surface area (Å²) < 4.78 is 1.96. The fourth-order valence-corrected chi connectivity index (χ4v) is 4.46. The summed E-state index contributed by atoms with van der Waals surface area (Å²) in [4.78, 5) is 4.00. The summed E-state index contributed by atoms with van der Waals surface area (Å²) >= 11 is 6.23. The number of aryl methyl sites for hydroxylation is 1. The molecular formula is C22H28ClN6+. The zero-order valence-electron chi connectivity index (χ0n) is 17.1. The van der Waals surface area contributed by atoms with Crippen molar-refractivity contribution in [1.29, 1.82) is 0 Å². The second kappa shape index (κ2) is 8.93. The number of hydrogen-bond donors (Lipinski definition) is 1. The topological polar surface area (TPSA) is 51.3 Å². The molecule has 1 saturated heterocycles. The molecule has 1 atom stereocenters. The zero-order valence-corrected chi connectivity index (χ0v) is 17.8. The van der Waals surface area contributed by atoms with Crippen molar-refractivity contribution in [1.82, 2.24) is 20.2 Å². The van der Waals surface area contributed by atoms with Gasteiger partial charge in [0, 0.05) is 17.1 Å². The molecule has 0 saturated carbocycles. The lowest BCUT2D eigenvalue weighted by molar-refractivity contribution is -0.933. The molecule has 1 aromatic heterocycles. The van der Waals surface area contributed by atoms with Gasteiger partial charge in [-0.1, -0.05) is 54.9 Å². The molecule has 1 fully saturated rings. The molecule has 7 heteroatoms. The van der Waals surface area contributed by atoms with Crippen LogP contribution < -0.4 is 9.80 Å². The molecule has 0 spiro atoms. The molecule has 0 bridgehead atoms. The number of rotatable bonds is 6. The summed E-state index contributed by atoms with van der Waals surface area (Å²) in [5.74, 6) is 0.985. The lowest BCUT2D eigenvalue weighted by atomic mass is 10.1. The van der Waals surface area contributed by atoms with Crippen LogP contribution in [0.15, 0.2) is 48.5 Å². The van der Waals surface area contributed by atoms with Gasteiger partial charge in [0.25, 0.3) is 0 Å². The molecule has 0 unspecified atom stereocenters. The van der Waals surface area contributed by atoms with Gasteiger partial charge in [-0.25, -0.2) is 4.68 Å². The van der Waals surface area contributed by atoms with E-state index in [2.05, 4.69) is 70.7 Å². The van der Waals surface area contributed by atoms with Crippen molar-refractivity contribution >= 4 is 17.3 Å². The molecule has 29 heavy (non-hydrogen) atoms. The summed E-state index contributed by atoms with van der Waals surface area (Å²) in [5, 5.41) is 13.5. The van der Waals surface area contributed by atoms with Crippen LogP contribution in [0.2, 0.25) is 5.02 Å². The van der Waals surface area contributed by atoms with E-state index in [1.807, 2.05) is 16.8 Å². The van der Waals surface area contributed by atoms with Crippen molar-refractivity contribution in [3.05, 3.63) is 70.5 Å². The molecule has 3 aromatic rings. The van der Waals surface area contributed by atoms with Gasteiger partial charge in [-0.3, -0.25) is 0 Å². The van der Waals surface area contributed by atoms with Crippen molar-refractivity contribution in [2.45, 2.75) is 32.9 Å². The Morgan fingerprint density at radius 2 is 1.86 bits per heavy atom. The van der Waals surface area contributed by atoms with E-state index in [1.165, 1.54) is 16.8 Å². The first-order valence-electron chi connectivity index (χ1n) is 10.3. The number of piperazine rings is 1. The van der Waals surface area contributed by atoms with Gasteiger partial charge in [-0.15, -0.1) is 5.10 Å². The molecule has 1 N–H and O–H groups in total. The molecular weight excluding hydrogens is 384 g/mol. The largest absolute Gasteiger partial charge is 0.360 e. The maximum Gasteiger partial charge on any atom is 0.209 e. The second-order valence-electron chi connectivity index (χ2n) is 7.72. The number of halogens is 1. The molecule has 1 aliphatic heterocycles. The smallest absolute Gasteiger partial charge is 0.209 e. The summed E-state index contributed by atoms with van der Waals surface area (Å²) in [6, 6.07) is 16.8. The Balaban J connectivity index is 1.46. The van der Waals surface area contributed by atoms with E-state index in [1.54, 1.807) is 4.90 Å². The average molecular weight is 412 g/mol. The van der Waals surface area contributed by atoms with Gasteiger partial charge in [-0.2, -0.15) is 0 Å². The van der Waals surface area contributed by atoms with Crippen LogP contribution >= 0.6 is 11.6 Å². The highest BCUT2D eigenvalue weighted by Crippen LogP contribution is 2.24. The highest BCUT2D eigenvalue weighted by Gasteiger charge is 2.31. The number of nitrogens with zero attached hydrogens (tertiary/aromatic N) is 5. The third kappa shape index (κ3) is 4.43. The van der Waals surface area contributed by atoms with Crippen molar-refractivity contribution in [2.75, 3.05) is 31.1 Å². The van der Waals surface area contributed by atoms with Crippen LogP contribution in [0.25, 0.3) is 0 Å². The number of aromatic nitrogens is 4.